The Kier molecular flexibility index (Phi) is 4.94. The normalized spacial score (nSPS) is 11.4. The highest BCUT2D eigenvalue weighted by atomic mass is 32.2. The molecule has 6 nitrogen and oxygen atoms in total. The molecule has 10 heteroatoms. The van der Waals surface area contributed by atoms with Crippen LogP contribution >= 0.6 is 11.8 Å². The first-order chi connectivity index (χ1) is 12.3. The number of tetrazole rings is 1. The van der Waals surface area contributed by atoms with Gasteiger partial charge in [-0.1, -0.05) is 12.1 Å². The standard InChI is InChI=1S/C16H12F3N5OS/c1-24-14(21-22-23-24)11-3-2-4-12(9-11)20-15(25)10-5-7-13(8-6-10)26-16(17,18)19/h2-9H,1H3,(H,20,25). The van der Waals surface area contributed by atoms with Gasteiger partial charge in [-0.05, 0) is 58.6 Å². The lowest BCUT2D eigenvalue weighted by molar-refractivity contribution is -0.0328. The minimum absolute atomic E-state index is 0.0193. The zero-order chi connectivity index (χ0) is 18.7. The molecule has 0 aliphatic carbocycles. The largest absolute Gasteiger partial charge is 0.446 e. The fraction of sp³-hybridized carbons (Fsp3) is 0.125. The van der Waals surface area contributed by atoms with E-state index in [1.165, 1.54) is 28.9 Å². The van der Waals surface area contributed by atoms with Crippen molar-refractivity contribution < 1.29 is 18.0 Å². The number of alkyl halides is 3. The Morgan fingerprint density at radius 1 is 1.15 bits per heavy atom. The number of nitrogens with one attached hydrogen (secondary N) is 1. The van der Waals surface area contributed by atoms with E-state index in [0.717, 1.165) is 0 Å². The molecular formula is C16H12F3N5OS. The Morgan fingerprint density at radius 2 is 1.88 bits per heavy atom. The topological polar surface area (TPSA) is 72.7 Å². The lowest BCUT2D eigenvalue weighted by Crippen LogP contribution is -2.12. The fourth-order valence-corrected chi connectivity index (χ4v) is 2.76. The summed E-state index contributed by atoms with van der Waals surface area (Å²) >= 11 is -0.226. The van der Waals surface area contributed by atoms with Crippen molar-refractivity contribution in [1.82, 2.24) is 20.2 Å². The molecule has 1 heterocycles. The number of nitrogens with zero attached hydrogens (tertiary/aromatic N) is 4. The van der Waals surface area contributed by atoms with Crippen molar-refractivity contribution in [2.75, 3.05) is 5.32 Å². The molecule has 3 rings (SSSR count). The van der Waals surface area contributed by atoms with Crippen molar-refractivity contribution in [3.63, 3.8) is 0 Å². The fourth-order valence-electron chi connectivity index (χ4n) is 2.22. The van der Waals surface area contributed by atoms with Gasteiger partial charge in [-0.15, -0.1) is 5.10 Å². The maximum Gasteiger partial charge on any atom is 0.446 e. The van der Waals surface area contributed by atoms with Crippen LogP contribution in [0.3, 0.4) is 0 Å². The first kappa shape index (κ1) is 17.9. The molecule has 0 bridgehead atoms. The summed E-state index contributed by atoms with van der Waals surface area (Å²) in [5, 5.41) is 13.9. The van der Waals surface area contributed by atoms with E-state index in [4.69, 9.17) is 0 Å². The number of rotatable bonds is 4. The summed E-state index contributed by atoms with van der Waals surface area (Å²) in [6.45, 7) is 0. The second kappa shape index (κ2) is 7.16. The zero-order valence-corrected chi connectivity index (χ0v) is 14.2. The molecule has 0 fully saturated rings. The highest BCUT2D eigenvalue weighted by molar-refractivity contribution is 8.00. The van der Waals surface area contributed by atoms with E-state index < -0.39 is 11.4 Å². The van der Waals surface area contributed by atoms with Gasteiger partial charge in [0.2, 0.25) is 0 Å². The molecule has 1 aromatic heterocycles. The monoisotopic (exact) mass is 379 g/mol. The average Bonchev–Trinajstić information content (AvgIpc) is 3.00. The van der Waals surface area contributed by atoms with E-state index in [2.05, 4.69) is 20.8 Å². The predicted octanol–water partition coefficient (Wildman–Crippen LogP) is 3.74. The maximum absolute atomic E-state index is 12.3. The molecule has 26 heavy (non-hydrogen) atoms. The lowest BCUT2D eigenvalue weighted by atomic mass is 10.1. The van der Waals surface area contributed by atoms with E-state index in [9.17, 15) is 18.0 Å². The molecule has 134 valence electrons. The van der Waals surface area contributed by atoms with E-state index in [1.54, 1.807) is 31.3 Å². The summed E-state index contributed by atoms with van der Waals surface area (Å²) < 4.78 is 38.5. The minimum Gasteiger partial charge on any atom is -0.322 e. The second-order valence-corrected chi connectivity index (χ2v) is 6.37. The van der Waals surface area contributed by atoms with Gasteiger partial charge in [-0.3, -0.25) is 4.79 Å². The van der Waals surface area contributed by atoms with Crippen LogP contribution in [0.4, 0.5) is 18.9 Å². The Bertz CT molecular complexity index is 924. The van der Waals surface area contributed by atoms with Crippen LogP contribution in [0, 0.1) is 0 Å². The Labute approximate surface area is 150 Å². The smallest absolute Gasteiger partial charge is 0.322 e. The van der Waals surface area contributed by atoms with Crippen LogP contribution in [0.2, 0.25) is 0 Å². The van der Waals surface area contributed by atoms with Crippen molar-refractivity contribution in [1.29, 1.82) is 0 Å². The van der Waals surface area contributed by atoms with Crippen LogP contribution in [0.1, 0.15) is 10.4 Å². The Balaban J connectivity index is 1.73. The molecule has 0 saturated heterocycles. The number of aromatic nitrogens is 4. The number of aryl methyl sites for hydroxylation is 1. The van der Waals surface area contributed by atoms with Gasteiger partial charge in [0.05, 0.1) is 0 Å². The number of thioether (sulfide) groups is 1. The Hall–Kier alpha value is -2.88. The number of carbonyl (C=O) groups is 1. The predicted molar refractivity (Wildman–Crippen MR) is 90.5 cm³/mol. The molecule has 0 radical (unpaired) electrons. The maximum atomic E-state index is 12.3. The quantitative estimate of drug-likeness (QED) is 0.699. The summed E-state index contributed by atoms with van der Waals surface area (Å²) in [5.74, 6) is 0.108. The van der Waals surface area contributed by atoms with Gasteiger partial charge in [0, 0.05) is 28.8 Å². The van der Waals surface area contributed by atoms with Crippen molar-refractivity contribution >= 4 is 23.4 Å². The lowest BCUT2D eigenvalue weighted by Gasteiger charge is -2.08. The van der Waals surface area contributed by atoms with Crippen LogP contribution in [0.25, 0.3) is 11.4 Å². The van der Waals surface area contributed by atoms with Crippen molar-refractivity contribution in [3.05, 3.63) is 54.1 Å². The molecular weight excluding hydrogens is 367 g/mol. The van der Waals surface area contributed by atoms with Crippen molar-refractivity contribution in [3.8, 4) is 11.4 Å². The number of hydrogen-bond donors (Lipinski definition) is 1. The molecule has 0 atom stereocenters. The number of halogens is 3. The number of benzene rings is 2. The van der Waals surface area contributed by atoms with E-state index >= 15 is 0 Å². The molecule has 0 unspecified atom stereocenters. The van der Waals surface area contributed by atoms with E-state index in [-0.39, 0.29) is 22.2 Å². The number of hydrogen-bond acceptors (Lipinski definition) is 5. The van der Waals surface area contributed by atoms with Crippen LogP contribution in [-0.2, 0) is 7.05 Å². The summed E-state index contributed by atoms with van der Waals surface area (Å²) in [7, 11) is 1.70. The van der Waals surface area contributed by atoms with Gasteiger partial charge in [-0.25, -0.2) is 4.68 Å². The summed E-state index contributed by atoms with van der Waals surface area (Å²) in [5.41, 5.74) is -2.88. The van der Waals surface area contributed by atoms with E-state index in [1.807, 2.05) is 0 Å². The molecule has 2 aromatic carbocycles. The van der Waals surface area contributed by atoms with Gasteiger partial charge in [0.25, 0.3) is 5.91 Å². The van der Waals surface area contributed by atoms with Crippen molar-refractivity contribution in [2.45, 2.75) is 10.4 Å². The Morgan fingerprint density at radius 3 is 2.50 bits per heavy atom. The molecule has 1 amide bonds. The SMILES string of the molecule is Cn1nnnc1-c1cccc(NC(=O)c2ccc(SC(F)(F)F)cc2)c1. The number of carbonyl (C=O) groups excluding carboxylic acids is 1. The van der Waals surface area contributed by atoms with Gasteiger partial charge in [-0.2, -0.15) is 13.2 Å². The molecule has 3 aromatic rings. The summed E-state index contributed by atoms with van der Waals surface area (Å²) in [6, 6.07) is 12.1. The van der Waals surface area contributed by atoms with Crippen LogP contribution in [-0.4, -0.2) is 31.6 Å². The van der Waals surface area contributed by atoms with Crippen LogP contribution in [0.5, 0.6) is 0 Å². The third-order valence-electron chi connectivity index (χ3n) is 3.35. The molecule has 0 aliphatic heterocycles. The molecule has 0 saturated carbocycles. The molecule has 0 spiro atoms. The average molecular weight is 379 g/mol. The zero-order valence-electron chi connectivity index (χ0n) is 13.4. The first-order valence-corrected chi connectivity index (χ1v) is 8.13. The van der Waals surface area contributed by atoms with E-state index in [0.29, 0.717) is 17.1 Å². The minimum atomic E-state index is -4.36. The summed E-state index contributed by atoms with van der Waals surface area (Å²) in [4.78, 5) is 12.3. The van der Waals surface area contributed by atoms with Crippen LogP contribution in [0.15, 0.2) is 53.4 Å². The molecule has 0 aliphatic rings. The summed E-state index contributed by atoms with van der Waals surface area (Å²) in [6.07, 6.45) is 0. The van der Waals surface area contributed by atoms with Crippen LogP contribution < -0.4 is 5.32 Å². The van der Waals surface area contributed by atoms with Crippen molar-refractivity contribution in [2.24, 2.45) is 7.05 Å². The van der Waals surface area contributed by atoms with Gasteiger partial charge < -0.3 is 5.32 Å². The molecule has 1 N–H and O–H groups in total. The highest BCUT2D eigenvalue weighted by Crippen LogP contribution is 2.36. The van der Waals surface area contributed by atoms with Gasteiger partial charge in [0.1, 0.15) is 0 Å². The highest BCUT2D eigenvalue weighted by Gasteiger charge is 2.29. The van der Waals surface area contributed by atoms with Gasteiger partial charge in [0.15, 0.2) is 5.82 Å². The third-order valence-corrected chi connectivity index (χ3v) is 4.09. The second-order valence-electron chi connectivity index (χ2n) is 5.23. The first-order valence-electron chi connectivity index (χ1n) is 7.32. The number of amides is 1. The van der Waals surface area contributed by atoms with Gasteiger partial charge >= 0.3 is 5.51 Å². The number of anilines is 1. The third kappa shape index (κ3) is 4.39.